The summed E-state index contributed by atoms with van der Waals surface area (Å²) in [5, 5.41) is 14.4. The van der Waals surface area contributed by atoms with E-state index in [9.17, 15) is 14.9 Å². The average Bonchev–Trinajstić information content (AvgIpc) is 3.14. The molecular weight excluding hydrogens is 316 g/mol. The van der Waals surface area contributed by atoms with Crippen molar-refractivity contribution in [2.24, 2.45) is 0 Å². The van der Waals surface area contributed by atoms with Crippen LogP contribution in [0.2, 0.25) is 0 Å². The van der Waals surface area contributed by atoms with Crippen LogP contribution < -0.4 is 5.32 Å². The van der Waals surface area contributed by atoms with Gasteiger partial charge in [-0.25, -0.2) is 4.98 Å². The number of non-ortho nitro benzene ring substituents is 1. The molecule has 0 spiro atoms. The Morgan fingerprint density at radius 2 is 2.30 bits per heavy atom. The summed E-state index contributed by atoms with van der Waals surface area (Å²) in [7, 11) is 0. The molecule has 1 atom stereocenters. The normalized spacial score (nSPS) is 12.2. The first-order chi connectivity index (χ1) is 11.0. The number of amides is 1. The minimum Gasteiger partial charge on any atom is -0.347 e. The third-order valence-electron chi connectivity index (χ3n) is 3.36. The van der Waals surface area contributed by atoms with Crippen molar-refractivity contribution in [1.29, 1.82) is 0 Å². The average molecular weight is 330 g/mol. The number of nitrogens with one attached hydrogen (secondary N) is 1. The van der Waals surface area contributed by atoms with Gasteiger partial charge in [-0.15, -0.1) is 11.3 Å². The number of carbonyl (C=O) groups excluding carboxylic acids is 1. The van der Waals surface area contributed by atoms with Crippen LogP contribution in [0.1, 0.15) is 16.6 Å². The SMILES string of the molecule is CC(Cn1ccnc1)NC(=O)c1cc2cc([N+](=O)[O-])ccc2s1. The van der Waals surface area contributed by atoms with Gasteiger partial charge in [0, 0.05) is 47.2 Å². The third-order valence-corrected chi connectivity index (χ3v) is 4.47. The number of nitro groups is 1. The van der Waals surface area contributed by atoms with Crippen molar-refractivity contribution in [1.82, 2.24) is 14.9 Å². The van der Waals surface area contributed by atoms with Gasteiger partial charge >= 0.3 is 0 Å². The Bertz CT molecular complexity index is 857. The van der Waals surface area contributed by atoms with E-state index in [-0.39, 0.29) is 17.6 Å². The predicted octanol–water partition coefficient (Wildman–Crippen LogP) is 2.82. The van der Waals surface area contributed by atoms with E-state index in [0.717, 1.165) is 4.70 Å². The Balaban J connectivity index is 1.74. The van der Waals surface area contributed by atoms with Gasteiger partial charge < -0.3 is 9.88 Å². The van der Waals surface area contributed by atoms with Gasteiger partial charge in [-0.05, 0) is 19.1 Å². The number of fused-ring (bicyclic) bond motifs is 1. The zero-order valence-corrected chi connectivity index (χ0v) is 13.1. The lowest BCUT2D eigenvalue weighted by Crippen LogP contribution is -2.35. The molecule has 0 aliphatic carbocycles. The Hall–Kier alpha value is -2.74. The minimum absolute atomic E-state index is 0.0238. The van der Waals surface area contributed by atoms with E-state index in [0.29, 0.717) is 16.8 Å². The van der Waals surface area contributed by atoms with E-state index in [1.807, 2.05) is 17.7 Å². The van der Waals surface area contributed by atoms with Gasteiger partial charge in [0.2, 0.25) is 0 Å². The Kier molecular flexibility index (Phi) is 4.07. The third kappa shape index (κ3) is 3.37. The van der Waals surface area contributed by atoms with Crippen molar-refractivity contribution in [3.63, 3.8) is 0 Å². The number of rotatable bonds is 5. The number of thiophene rings is 1. The molecule has 8 heteroatoms. The van der Waals surface area contributed by atoms with Crippen molar-refractivity contribution in [2.45, 2.75) is 19.5 Å². The van der Waals surface area contributed by atoms with Gasteiger partial charge in [-0.2, -0.15) is 0 Å². The molecule has 0 aliphatic rings. The summed E-state index contributed by atoms with van der Waals surface area (Å²) in [5.41, 5.74) is 0.0238. The lowest BCUT2D eigenvalue weighted by atomic mass is 10.2. The lowest BCUT2D eigenvalue weighted by molar-refractivity contribution is -0.384. The summed E-state index contributed by atoms with van der Waals surface area (Å²) >= 11 is 1.32. The van der Waals surface area contributed by atoms with Crippen LogP contribution in [0, 0.1) is 10.1 Å². The molecule has 0 saturated heterocycles. The second-order valence-corrected chi connectivity index (χ2v) is 6.31. The van der Waals surface area contributed by atoms with Crippen LogP contribution in [0.15, 0.2) is 43.0 Å². The van der Waals surface area contributed by atoms with E-state index in [4.69, 9.17) is 0 Å². The molecule has 23 heavy (non-hydrogen) atoms. The van der Waals surface area contributed by atoms with Crippen LogP contribution in [0.4, 0.5) is 5.69 Å². The number of nitrogens with zero attached hydrogens (tertiary/aromatic N) is 3. The molecule has 1 aromatic carbocycles. The number of benzene rings is 1. The fraction of sp³-hybridized carbons (Fsp3) is 0.200. The quantitative estimate of drug-likeness (QED) is 0.575. The molecule has 1 N–H and O–H groups in total. The van der Waals surface area contributed by atoms with Crippen LogP contribution in [-0.2, 0) is 6.54 Å². The smallest absolute Gasteiger partial charge is 0.270 e. The molecule has 3 rings (SSSR count). The molecule has 0 saturated carbocycles. The molecule has 1 unspecified atom stereocenters. The molecule has 0 radical (unpaired) electrons. The minimum atomic E-state index is -0.440. The van der Waals surface area contributed by atoms with Gasteiger partial charge in [-0.1, -0.05) is 0 Å². The number of imidazole rings is 1. The highest BCUT2D eigenvalue weighted by atomic mass is 32.1. The van der Waals surface area contributed by atoms with E-state index >= 15 is 0 Å². The molecule has 1 amide bonds. The van der Waals surface area contributed by atoms with E-state index in [1.54, 1.807) is 24.7 Å². The summed E-state index contributed by atoms with van der Waals surface area (Å²) in [6, 6.07) is 6.23. The topological polar surface area (TPSA) is 90.1 Å². The van der Waals surface area contributed by atoms with Crippen LogP contribution in [0.3, 0.4) is 0 Å². The summed E-state index contributed by atoms with van der Waals surface area (Å²) in [4.78, 5) is 27.2. The molecule has 118 valence electrons. The van der Waals surface area contributed by atoms with Crippen molar-refractivity contribution in [3.05, 3.63) is 58.0 Å². The molecule has 3 aromatic rings. The van der Waals surface area contributed by atoms with Crippen molar-refractivity contribution in [2.75, 3.05) is 0 Å². The van der Waals surface area contributed by atoms with Crippen molar-refractivity contribution >= 4 is 33.0 Å². The Morgan fingerprint density at radius 3 is 3.00 bits per heavy atom. The second-order valence-electron chi connectivity index (χ2n) is 5.22. The van der Waals surface area contributed by atoms with Crippen LogP contribution >= 0.6 is 11.3 Å². The summed E-state index contributed by atoms with van der Waals surface area (Å²) in [5.74, 6) is -0.179. The van der Waals surface area contributed by atoms with Crippen LogP contribution in [0.25, 0.3) is 10.1 Å². The number of nitro benzene ring substituents is 1. The standard InChI is InChI=1S/C15H14N4O3S/c1-10(8-18-5-4-16-9-18)17-15(20)14-7-11-6-12(19(21)22)2-3-13(11)23-14/h2-7,9-10H,8H2,1H3,(H,17,20). The maximum atomic E-state index is 12.3. The molecule has 0 fully saturated rings. The van der Waals surface area contributed by atoms with E-state index in [2.05, 4.69) is 10.3 Å². The number of hydrogen-bond donors (Lipinski definition) is 1. The lowest BCUT2D eigenvalue weighted by Gasteiger charge is -2.13. The zero-order valence-electron chi connectivity index (χ0n) is 12.3. The highest BCUT2D eigenvalue weighted by molar-refractivity contribution is 7.20. The predicted molar refractivity (Wildman–Crippen MR) is 87.6 cm³/mol. The van der Waals surface area contributed by atoms with Crippen molar-refractivity contribution in [3.8, 4) is 0 Å². The summed E-state index contributed by atoms with van der Waals surface area (Å²) in [6.45, 7) is 2.54. The Morgan fingerprint density at radius 1 is 1.48 bits per heavy atom. The highest BCUT2D eigenvalue weighted by Gasteiger charge is 2.15. The van der Waals surface area contributed by atoms with Gasteiger partial charge in [-0.3, -0.25) is 14.9 Å². The number of aromatic nitrogens is 2. The zero-order chi connectivity index (χ0) is 16.4. The fourth-order valence-corrected chi connectivity index (χ4v) is 3.25. The van der Waals surface area contributed by atoms with E-state index in [1.165, 1.54) is 23.5 Å². The first-order valence-electron chi connectivity index (χ1n) is 6.97. The molecule has 2 aromatic heterocycles. The van der Waals surface area contributed by atoms with Gasteiger partial charge in [0.25, 0.3) is 11.6 Å². The van der Waals surface area contributed by atoms with E-state index < -0.39 is 4.92 Å². The molecule has 7 nitrogen and oxygen atoms in total. The second kappa shape index (κ2) is 6.17. The molecule has 0 bridgehead atoms. The first kappa shape index (κ1) is 15.2. The van der Waals surface area contributed by atoms with Crippen LogP contribution in [0.5, 0.6) is 0 Å². The summed E-state index contributed by atoms with van der Waals surface area (Å²) < 4.78 is 2.74. The van der Waals surface area contributed by atoms with Gasteiger partial charge in [0.15, 0.2) is 0 Å². The molecular formula is C15H14N4O3S. The summed E-state index contributed by atoms with van der Waals surface area (Å²) in [6.07, 6.45) is 5.22. The monoisotopic (exact) mass is 330 g/mol. The fourth-order valence-electron chi connectivity index (χ4n) is 2.31. The number of carbonyl (C=O) groups is 1. The highest BCUT2D eigenvalue weighted by Crippen LogP contribution is 2.28. The largest absolute Gasteiger partial charge is 0.347 e. The molecule has 2 heterocycles. The number of hydrogen-bond acceptors (Lipinski definition) is 5. The maximum Gasteiger partial charge on any atom is 0.270 e. The Labute approximate surface area is 135 Å². The van der Waals surface area contributed by atoms with Crippen molar-refractivity contribution < 1.29 is 9.72 Å². The van der Waals surface area contributed by atoms with Crippen LogP contribution in [-0.4, -0.2) is 26.4 Å². The van der Waals surface area contributed by atoms with Gasteiger partial charge in [0.05, 0.1) is 16.1 Å². The molecule has 0 aliphatic heterocycles. The van der Waals surface area contributed by atoms with Gasteiger partial charge in [0.1, 0.15) is 0 Å². The first-order valence-corrected chi connectivity index (χ1v) is 7.79. The maximum absolute atomic E-state index is 12.3.